The second-order valence-electron chi connectivity index (χ2n) is 3.31. The third kappa shape index (κ3) is 1.84. The molecule has 0 spiro atoms. The number of benzene rings is 1. The first-order valence-electron chi connectivity index (χ1n) is 4.58. The lowest BCUT2D eigenvalue weighted by Crippen LogP contribution is -2.19. The highest BCUT2D eigenvalue weighted by molar-refractivity contribution is 6.18. The smallest absolute Gasteiger partial charge is 0.108 e. The van der Waals surface area contributed by atoms with E-state index in [4.69, 9.17) is 11.6 Å². The van der Waals surface area contributed by atoms with Gasteiger partial charge in [0.1, 0.15) is 6.10 Å². The SMILES string of the molecule is OC(CCl)C(O)c1cccc2[nH]cnc12. The number of nitrogens with one attached hydrogen (secondary N) is 1. The fraction of sp³-hybridized carbons (Fsp3) is 0.300. The molecule has 5 heteroatoms. The lowest BCUT2D eigenvalue weighted by Gasteiger charge is -2.15. The van der Waals surface area contributed by atoms with Gasteiger partial charge < -0.3 is 15.2 Å². The normalized spacial score (nSPS) is 15.4. The summed E-state index contributed by atoms with van der Waals surface area (Å²) >= 11 is 5.48. The van der Waals surface area contributed by atoms with Crippen molar-refractivity contribution in [2.75, 3.05) is 5.88 Å². The molecule has 0 amide bonds. The Bertz CT molecular complexity index is 457. The van der Waals surface area contributed by atoms with Gasteiger partial charge in [0, 0.05) is 5.56 Å². The standard InChI is InChI=1S/C10H11ClN2O2/c11-4-8(14)10(15)6-2-1-3-7-9(6)13-5-12-7/h1-3,5,8,10,14-15H,4H2,(H,12,13). The number of para-hydroxylation sites is 1. The number of aliphatic hydroxyl groups is 2. The van der Waals surface area contributed by atoms with E-state index in [1.807, 2.05) is 6.07 Å². The third-order valence-corrected chi connectivity index (χ3v) is 2.64. The number of rotatable bonds is 3. The molecule has 2 unspecified atom stereocenters. The zero-order valence-electron chi connectivity index (χ0n) is 7.89. The topological polar surface area (TPSA) is 69.1 Å². The number of imidazole rings is 1. The number of alkyl halides is 1. The van der Waals surface area contributed by atoms with Gasteiger partial charge >= 0.3 is 0 Å². The summed E-state index contributed by atoms with van der Waals surface area (Å²) in [6, 6.07) is 5.37. The number of H-pyrrole nitrogens is 1. The summed E-state index contributed by atoms with van der Waals surface area (Å²) in [6.07, 6.45) is -0.433. The van der Waals surface area contributed by atoms with Crippen LogP contribution in [0.4, 0.5) is 0 Å². The van der Waals surface area contributed by atoms with Gasteiger partial charge in [-0.3, -0.25) is 0 Å². The van der Waals surface area contributed by atoms with Crippen LogP contribution in [0.5, 0.6) is 0 Å². The predicted octanol–water partition coefficient (Wildman–Crippen LogP) is 1.20. The zero-order valence-corrected chi connectivity index (χ0v) is 8.65. The second-order valence-corrected chi connectivity index (χ2v) is 3.62. The van der Waals surface area contributed by atoms with Crippen LogP contribution in [0.15, 0.2) is 24.5 Å². The first kappa shape index (κ1) is 10.4. The highest BCUT2D eigenvalue weighted by Crippen LogP contribution is 2.24. The average Bonchev–Trinajstić information content (AvgIpc) is 2.74. The van der Waals surface area contributed by atoms with E-state index in [0.29, 0.717) is 11.1 Å². The number of hydrogen-bond acceptors (Lipinski definition) is 3. The van der Waals surface area contributed by atoms with Crippen LogP contribution in [0, 0.1) is 0 Å². The van der Waals surface area contributed by atoms with Gasteiger partial charge in [-0.15, -0.1) is 11.6 Å². The van der Waals surface area contributed by atoms with Crippen LogP contribution in [0.25, 0.3) is 11.0 Å². The van der Waals surface area contributed by atoms with Gasteiger partial charge in [-0.25, -0.2) is 4.98 Å². The Kier molecular flexibility index (Phi) is 2.90. The minimum Gasteiger partial charge on any atom is -0.389 e. The van der Waals surface area contributed by atoms with Gasteiger partial charge in [0.15, 0.2) is 0 Å². The molecule has 1 heterocycles. The average molecular weight is 227 g/mol. The summed E-state index contributed by atoms with van der Waals surface area (Å²) in [6.45, 7) is 0. The third-order valence-electron chi connectivity index (χ3n) is 2.32. The van der Waals surface area contributed by atoms with Crippen LogP contribution >= 0.6 is 11.6 Å². The molecule has 0 bridgehead atoms. The summed E-state index contributed by atoms with van der Waals surface area (Å²) in [5, 5.41) is 19.3. The lowest BCUT2D eigenvalue weighted by molar-refractivity contribution is 0.0335. The monoisotopic (exact) mass is 226 g/mol. The van der Waals surface area contributed by atoms with E-state index in [2.05, 4.69) is 9.97 Å². The Balaban J connectivity index is 2.46. The zero-order chi connectivity index (χ0) is 10.8. The molecule has 0 radical (unpaired) electrons. The van der Waals surface area contributed by atoms with E-state index < -0.39 is 12.2 Å². The van der Waals surface area contributed by atoms with E-state index in [1.165, 1.54) is 0 Å². The molecule has 4 nitrogen and oxygen atoms in total. The maximum Gasteiger partial charge on any atom is 0.108 e. The number of aromatic amines is 1. The summed E-state index contributed by atoms with van der Waals surface area (Å²) in [5.41, 5.74) is 2.07. The van der Waals surface area contributed by atoms with Crippen molar-refractivity contribution in [3.05, 3.63) is 30.1 Å². The number of nitrogens with zero attached hydrogens (tertiary/aromatic N) is 1. The summed E-state index contributed by atoms with van der Waals surface area (Å²) in [4.78, 5) is 7.02. The minimum absolute atomic E-state index is 0.0119. The van der Waals surface area contributed by atoms with Gasteiger partial charge in [-0.1, -0.05) is 12.1 Å². The van der Waals surface area contributed by atoms with Crippen molar-refractivity contribution in [1.29, 1.82) is 0 Å². The van der Waals surface area contributed by atoms with Gasteiger partial charge in [0.05, 0.1) is 29.3 Å². The van der Waals surface area contributed by atoms with Gasteiger partial charge in [-0.05, 0) is 6.07 Å². The van der Waals surface area contributed by atoms with Crippen LogP contribution < -0.4 is 0 Å². The van der Waals surface area contributed by atoms with E-state index in [0.717, 1.165) is 5.52 Å². The number of aromatic nitrogens is 2. The molecule has 1 aromatic heterocycles. The molecule has 0 aliphatic carbocycles. The maximum atomic E-state index is 9.82. The predicted molar refractivity (Wildman–Crippen MR) is 57.8 cm³/mol. The summed E-state index contributed by atoms with van der Waals surface area (Å²) in [7, 11) is 0. The lowest BCUT2D eigenvalue weighted by atomic mass is 10.0. The van der Waals surface area contributed by atoms with Crippen molar-refractivity contribution < 1.29 is 10.2 Å². The fourth-order valence-electron chi connectivity index (χ4n) is 1.52. The van der Waals surface area contributed by atoms with Crippen LogP contribution in [-0.4, -0.2) is 32.2 Å². The van der Waals surface area contributed by atoms with Crippen molar-refractivity contribution >= 4 is 22.6 Å². The Labute approximate surface area is 91.5 Å². The molecular formula is C10H11ClN2O2. The largest absolute Gasteiger partial charge is 0.389 e. The van der Waals surface area contributed by atoms with E-state index in [-0.39, 0.29) is 5.88 Å². The molecule has 2 aromatic rings. The summed E-state index contributed by atoms with van der Waals surface area (Å²) in [5.74, 6) is -0.0119. The maximum absolute atomic E-state index is 9.82. The number of aliphatic hydroxyl groups excluding tert-OH is 2. The van der Waals surface area contributed by atoms with Gasteiger partial charge in [-0.2, -0.15) is 0 Å². The first-order chi connectivity index (χ1) is 7.24. The molecule has 2 atom stereocenters. The molecule has 0 saturated heterocycles. The van der Waals surface area contributed by atoms with Crippen LogP contribution in [-0.2, 0) is 0 Å². The fourth-order valence-corrected chi connectivity index (χ4v) is 1.69. The van der Waals surface area contributed by atoms with Gasteiger partial charge in [0.2, 0.25) is 0 Å². The quantitative estimate of drug-likeness (QED) is 0.689. The molecule has 0 fully saturated rings. The molecular weight excluding hydrogens is 216 g/mol. The van der Waals surface area contributed by atoms with E-state index in [1.54, 1.807) is 18.5 Å². The van der Waals surface area contributed by atoms with Crippen LogP contribution in [0.1, 0.15) is 11.7 Å². The Hall–Kier alpha value is -1.10. The number of halogens is 1. The van der Waals surface area contributed by atoms with Crippen LogP contribution in [0.3, 0.4) is 0 Å². The molecule has 0 saturated carbocycles. The number of fused-ring (bicyclic) bond motifs is 1. The highest BCUT2D eigenvalue weighted by Gasteiger charge is 2.20. The molecule has 80 valence electrons. The molecule has 3 N–H and O–H groups in total. The first-order valence-corrected chi connectivity index (χ1v) is 5.11. The molecule has 15 heavy (non-hydrogen) atoms. The minimum atomic E-state index is -1.01. The van der Waals surface area contributed by atoms with Crippen LogP contribution in [0.2, 0.25) is 0 Å². The van der Waals surface area contributed by atoms with E-state index >= 15 is 0 Å². The molecule has 0 aliphatic rings. The summed E-state index contributed by atoms with van der Waals surface area (Å²) < 4.78 is 0. The Morgan fingerprint density at radius 1 is 1.40 bits per heavy atom. The Morgan fingerprint density at radius 3 is 2.93 bits per heavy atom. The van der Waals surface area contributed by atoms with Crippen molar-refractivity contribution in [3.8, 4) is 0 Å². The number of hydrogen-bond donors (Lipinski definition) is 3. The highest BCUT2D eigenvalue weighted by atomic mass is 35.5. The molecule has 2 rings (SSSR count). The van der Waals surface area contributed by atoms with Crippen molar-refractivity contribution in [2.24, 2.45) is 0 Å². The molecule has 0 aliphatic heterocycles. The van der Waals surface area contributed by atoms with Crippen molar-refractivity contribution in [2.45, 2.75) is 12.2 Å². The Morgan fingerprint density at radius 2 is 2.20 bits per heavy atom. The van der Waals surface area contributed by atoms with Gasteiger partial charge in [0.25, 0.3) is 0 Å². The second kappa shape index (κ2) is 4.18. The molecule has 1 aromatic carbocycles. The van der Waals surface area contributed by atoms with Crippen molar-refractivity contribution in [3.63, 3.8) is 0 Å². The van der Waals surface area contributed by atoms with Crippen molar-refractivity contribution in [1.82, 2.24) is 9.97 Å². The van der Waals surface area contributed by atoms with E-state index in [9.17, 15) is 10.2 Å².